The zero-order valence-electron chi connectivity index (χ0n) is 15.2. The lowest BCUT2D eigenvalue weighted by atomic mass is 9.88. The summed E-state index contributed by atoms with van der Waals surface area (Å²) in [6, 6.07) is 28.5. The molecule has 136 valence electrons. The van der Waals surface area contributed by atoms with Gasteiger partial charge in [-0.1, -0.05) is 78.9 Å². The van der Waals surface area contributed by atoms with E-state index in [4.69, 9.17) is 4.74 Å². The number of ether oxygens (including phenoxy) is 1. The van der Waals surface area contributed by atoms with E-state index in [0.717, 1.165) is 23.3 Å². The number of fused-ring (bicyclic) bond motifs is 1. The van der Waals surface area contributed by atoms with Gasteiger partial charge in [-0.2, -0.15) is 0 Å². The molecule has 0 aromatic heterocycles. The highest BCUT2D eigenvalue weighted by Crippen LogP contribution is 2.29. The van der Waals surface area contributed by atoms with Crippen LogP contribution in [0.1, 0.15) is 29.0 Å². The van der Waals surface area contributed by atoms with Crippen LogP contribution in [0, 0.1) is 0 Å². The standard InChI is InChI=1S/C24H23NO2/c26-24(25-17-21-15-20-13-7-8-14-23(20)27-21)16-22(18-9-3-1-4-10-18)19-11-5-2-6-12-19/h1-14,21-22H,15-17H2,(H,25,26). The number of amides is 1. The van der Waals surface area contributed by atoms with E-state index in [9.17, 15) is 4.79 Å². The van der Waals surface area contributed by atoms with Gasteiger partial charge >= 0.3 is 0 Å². The smallest absolute Gasteiger partial charge is 0.221 e. The molecule has 1 unspecified atom stereocenters. The van der Waals surface area contributed by atoms with Crippen molar-refractivity contribution in [3.8, 4) is 5.75 Å². The van der Waals surface area contributed by atoms with Crippen LogP contribution in [0.4, 0.5) is 0 Å². The molecule has 0 aliphatic carbocycles. The Balaban J connectivity index is 1.39. The molecule has 1 amide bonds. The molecule has 3 nitrogen and oxygen atoms in total. The second-order valence-electron chi connectivity index (χ2n) is 6.93. The van der Waals surface area contributed by atoms with Gasteiger partial charge in [0.05, 0.1) is 6.54 Å². The van der Waals surface area contributed by atoms with E-state index in [2.05, 4.69) is 35.6 Å². The molecule has 0 bridgehead atoms. The molecule has 0 saturated carbocycles. The fraction of sp³-hybridized carbons (Fsp3) is 0.208. The first kappa shape index (κ1) is 17.3. The molecule has 4 rings (SSSR count). The number of nitrogens with one attached hydrogen (secondary N) is 1. The number of carbonyl (C=O) groups is 1. The van der Waals surface area contributed by atoms with Crippen molar-refractivity contribution in [3.05, 3.63) is 102 Å². The largest absolute Gasteiger partial charge is 0.488 e. The molecule has 1 aliphatic heterocycles. The van der Waals surface area contributed by atoms with E-state index in [1.807, 2.05) is 54.6 Å². The van der Waals surface area contributed by atoms with Crippen molar-refractivity contribution in [1.29, 1.82) is 0 Å². The van der Waals surface area contributed by atoms with Crippen LogP contribution in [-0.2, 0) is 11.2 Å². The molecule has 1 aliphatic rings. The third-order valence-electron chi connectivity index (χ3n) is 5.03. The summed E-state index contributed by atoms with van der Waals surface area (Å²) in [5.41, 5.74) is 3.52. The highest BCUT2D eigenvalue weighted by atomic mass is 16.5. The quantitative estimate of drug-likeness (QED) is 0.713. The normalized spacial score (nSPS) is 15.2. The van der Waals surface area contributed by atoms with Gasteiger partial charge in [0.2, 0.25) is 5.91 Å². The second-order valence-corrected chi connectivity index (χ2v) is 6.93. The SMILES string of the molecule is O=C(CC(c1ccccc1)c1ccccc1)NCC1Cc2ccccc2O1. The van der Waals surface area contributed by atoms with Gasteiger partial charge in [-0.15, -0.1) is 0 Å². The predicted octanol–water partition coefficient (Wildman–Crippen LogP) is 4.33. The maximum absolute atomic E-state index is 12.7. The number of benzene rings is 3. The molecular formula is C24H23NO2. The van der Waals surface area contributed by atoms with Gasteiger partial charge in [-0.25, -0.2) is 0 Å². The lowest BCUT2D eigenvalue weighted by Gasteiger charge is -2.19. The molecule has 0 saturated heterocycles. The van der Waals surface area contributed by atoms with Gasteiger partial charge in [0.1, 0.15) is 11.9 Å². The minimum atomic E-state index is 0.0123. The topological polar surface area (TPSA) is 38.3 Å². The summed E-state index contributed by atoms with van der Waals surface area (Å²) < 4.78 is 5.92. The number of hydrogen-bond donors (Lipinski definition) is 1. The Hall–Kier alpha value is -3.07. The lowest BCUT2D eigenvalue weighted by Crippen LogP contribution is -2.35. The van der Waals surface area contributed by atoms with E-state index >= 15 is 0 Å². The summed E-state index contributed by atoms with van der Waals surface area (Å²) in [4.78, 5) is 12.7. The maximum Gasteiger partial charge on any atom is 0.221 e. The van der Waals surface area contributed by atoms with Crippen LogP contribution in [0.3, 0.4) is 0 Å². The molecule has 0 fully saturated rings. The first-order valence-electron chi connectivity index (χ1n) is 9.41. The summed E-state index contributed by atoms with van der Waals surface area (Å²) in [7, 11) is 0. The fourth-order valence-corrected chi connectivity index (χ4v) is 3.65. The van der Waals surface area contributed by atoms with Crippen LogP contribution in [0.5, 0.6) is 5.75 Å². The lowest BCUT2D eigenvalue weighted by molar-refractivity contribution is -0.121. The maximum atomic E-state index is 12.7. The summed E-state index contributed by atoms with van der Waals surface area (Å²) in [6.45, 7) is 0.532. The highest BCUT2D eigenvalue weighted by Gasteiger charge is 2.24. The third kappa shape index (κ3) is 4.20. The number of hydrogen-bond acceptors (Lipinski definition) is 2. The molecule has 0 radical (unpaired) electrons. The molecule has 1 atom stereocenters. The van der Waals surface area contributed by atoms with Gasteiger partial charge in [-0.05, 0) is 22.8 Å². The Morgan fingerprint density at radius 3 is 2.11 bits per heavy atom. The van der Waals surface area contributed by atoms with Crippen molar-refractivity contribution < 1.29 is 9.53 Å². The zero-order chi connectivity index (χ0) is 18.5. The van der Waals surface area contributed by atoms with Crippen LogP contribution in [-0.4, -0.2) is 18.6 Å². The van der Waals surface area contributed by atoms with E-state index in [0.29, 0.717) is 13.0 Å². The van der Waals surface area contributed by atoms with Crippen LogP contribution < -0.4 is 10.1 Å². The van der Waals surface area contributed by atoms with E-state index in [-0.39, 0.29) is 17.9 Å². The molecule has 3 heteroatoms. The average Bonchev–Trinajstić information content (AvgIpc) is 3.15. The van der Waals surface area contributed by atoms with Crippen molar-refractivity contribution in [2.45, 2.75) is 24.9 Å². The van der Waals surface area contributed by atoms with Crippen molar-refractivity contribution in [3.63, 3.8) is 0 Å². The third-order valence-corrected chi connectivity index (χ3v) is 5.03. The molecular weight excluding hydrogens is 334 g/mol. The first-order valence-corrected chi connectivity index (χ1v) is 9.41. The Kier molecular flexibility index (Phi) is 5.20. The van der Waals surface area contributed by atoms with Crippen LogP contribution in [0.15, 0.2) is 84.9 Å². The van der Waals surface area contributed by atoms with Crippen molar-refractivity contribution in [2.75, 3.05) is 6.54 Å². The van der Waals surface area contributed by atoms with E-state index in [1.165, 1.54) is 5.56 Å². The second kappa shape index (κ2) is 8.09. The Bertz CT molecular complexity index is 828. The number of rotatable bonds is 6. The van der Waals surface area contributed by atoms with Gasteiger partial charge in [0, 0.05) is 18.8 Å². The first-order chi connectivity index (χ1) is 13.3. The summed E-state index contributed by atoms with van der Waals surface area (Å²) in [5.74, 6) is 1.03. The Labute approximate surface area is 160 Å². The van der Waals surface area contributed by atoms with Gasteiger partial charge < -0.3 is 10.1 Å². The molecule has 0 spiro atoms. The number of para-hydroxylation sites is 1. The molecule has 1 N–H and O–H groups in total. The highest BCUT2D eigenvalue weighted by molar-refractivity contribution is 5.77. The predicted molar refractivity (Wildman–Crippen MR) is 107 cm³/mol. The monoisotopic (exact) mass is 357 g/mol. The average molecular weight is 357 g/mol. The number of carbonyl (C=O) groups excluding carboxylic acids is 1. The van der Waals surface area contributed by atoms with Crippen LogP contribution in [0.25, 0.3) is 0 Å². The van der Waals surface area contributed by atoms with Crippen molar-refractivity contribution in [1.82, 2.24) is 5.32 Å². The van der Waals surface area contributed by atoms with Gasteiger partial charge in [-0.3, -0.25) is 4.79 Å². The Morgan fingerprint density at radius 1 is 0.889 bits per heavy atom. The van der Waals surface area contributed by atoms with E-state index < -0.39 is 0 Å². The molecule has 3 aromatic carbocycles. The molecule has 1 heterocycles. The summed E-state index contributed by atoms with van der Waals surface area (Å²) in [5, 5.41) is 3.07. The molecule has 3 aromatic rings. The van der Waals surface area contributed by atoms with Crippen LogP contribution >= 0.6 is 0 Å². The fourth-order valence-electron chi connectivity index (χ4n) is 3.65. The minimum absolute atomic E-state index is 0.0123. The van der Waals surface area contributed by atoms with Crippen LogP contribution in [0.2, 0.25) is 0 Å². The summed E-state index contributed by atoms with van der Waals surface area (Å²) >= 11 is 0. The van der Waals surface area contributed by atoms with E-state index in [1.54, 1.807) is 0 Å². The van der Waals surface area contributed by atoms with Crippen molar-refractivity contribution >= 4 is 5.91 Å². The zero-order valence-corrected chi connectivity index (χ0v) is 15.2. The molecule has 27 heavy (non-hydrogen) atoms. The Morgan fingerprint density at radius 2 is 1.48 bits per heavy atom. The minimum Gasteiger partial charge on any atom is -0.488 e. The van der Waals surface area contributed by atoms with Gasteiger partial charge in [0.15, 0.2) is 0 Å². The summed E-state index contributed by atoms with van der Waals surface area (Å²) in [6.07, 6.45) is 1.28. The van der Waals surface area contributed by atoms with Gasteiger partial charge in [0.25, 0.3) is 0 Å². The van der Waals surface area contributed by atoms with Crippen molar-refractivity contribution in [2.24, 2.45) is 0 Å².